The van der Waals surface area contributed by atoms with E-state index in [2.05, 4.69) is 15.0 Å². The van der Waals surface area contributed by atoms with Crippen LogP contribution in [0.4, 0.5) is 5.69 Å². The summed E-state index contributed by atoms with van der Waals surface area (Å²) in [5.41, 5.74) is 0.543. The molecule has 0 amide bonds. The normalized spacial score (nSPS) is 11.9. The predicted molar refractivity (Wildman–Crippen MR) is 137 cm³/mol. The number of nitrogens with one attached hydrogen (secondary N) is 1. The van der Waals surface area contributed by atoms with Crippen LogP contribution < -0.4 is 10.4 Å². The molecule has 0 aliphatic heterocycles. The number of hydrogen-bond donors (Lipinski definition) is 1. The van der Waals surface area contributed by atoms with Crippen LogP contribution in [0.5, 0.6) is 0 Å². The van der Waals surface area contributed by atoms with Crippen LogP contribution in [0, 0.1) is 6.92 Å². The molecule has 2 aromatic carbocycles. The van der Waals surface area contributed by atoms with Crippen molar-refractivity contribution < 1.29 is 22.8 Å². The molecule has 0 atom stereocenters. The minimum Gasteiger partial charge on any atom is -0.464 e. The van der Waals surface area contributed by atoms with Crippen molar-refractivity contribution in [1.29, 1.82) is 0 Å². The first-order valence-electron chi connectivity index (χ1n) is 10.5. The first kappa shape index (κ1) is 27.2. The van der Waals surface area contributed by atoms with E-state index < -0.39 is 21.7 Å². The zero-order valence-electron chi connectivity index (χ0n) is 19.8. The van der Waals surface area contributed by atoms with E-state index in [1.165, 1.54) is 37.8 Å². The fraction of sp³-hybridized carbons (Fsp3) is 0.273. The summed E-state index contributed by atoms with van der Waals surface area (Å²) in [4.78, 5) is 30.4. The highest BCUT2D eigenvalue weighted by Crippen LogP contribution is 2.31. The molecule has 1 N–H and O–H groups in total. The van der Waals surface area contributed by atoms with Gasteiger partial charge in [-0.25, -0.2) is 18.0 Å². The Morgan fingerprint density at radius 2 is 1.86 bits per heavy atom. The van der Waals surface area contributed by atoms with Crippen LogP contribution in [0.2, 0.25) is 10.0 Å². The van der Waals surface area contributed by atoms with E-state index in [1.807, 2.05) is 0 Å². The SMILES string of the molecule is CCS(=O)(=O)Nc1cc(-n2nc(C)n(Cc3ccccc3/C(=N\OC)C(=O)OC)c2=O)c(Cl)cc1Cl. The lowest BCUT2D eigenvalue weighted by Crippen LogP contribution is -2.26. The van der Waals surface area contributed by atoms with Crippen LogP contribution in [0.3, 0.4) is 0 Å². The number of ether oxygens (including phenoxy) is 1. The zero-order valence-corrected chi connectivity index (χ0v) is 22.1. The molecule has 0 aliphatic rings. The Kier molecular flexibility index (Phi) is 8.43. The molecule has 0 radical (unpaired) electrons. The third-order valence-corrected chi connectivity index (χ3v) is 7.03. The topological polar surface area (TPSA) is 134 Å². The van der Waals surface area contributed by atoms with Gasteiger partial charge in [-0.3, -0.25) is 9.29 Å². The molecular weight excluding hydrogens is 533 g/mol. The number of nitrogens with zero attached hydrogens (tertiary/aromatic N) is 4. The number of sulfonamides is 1. The molecule has 1 aromatic heterocycles. The Labute approximate surface area is 217 Å². The molecule has 0 saturated carbocycles. The maximum absolute atomic E-state index is 13.4. The fourth-order valence-electron chi connectivity index (χ4n) is 3.29. The Hall–Kier alpha value is -3.35. The van der Waals surface area contributed by atoms with E-state index in [0.29, 0.717) is 17.0 Å². The molecule has 0 fully saturated rings. The third kappa shape index (κ3) is 5.72. The van der Waals surface area contributed by atoms with Gasteiger partial charge in [0.1, 0.15) is 12.9 Å². The average Bonchev–Trinajstić information content (AvgIpc) is 3.12. The van der Waals surface area contributed by atoms with E-state index in [-0.39, 0.29) is 39.4 Å². The van der Waals surface area contributed by atoms with Crippen molar-refractivity contribution in [2.24, 2.45) is 5.16 Å². The van der Waals surface area contributed by atoms with Crippen LogP contribution >= 0.6 is 23.2 Å². The lowest BCUT2D eigenvalue weighted by atomic mass is 10.0. The van der Waals surface area contributed by atoms with Gasteiger partial charge in [-0.2, -0.15) is 9.78 Å². The lowest BCUT2D eigenvalue weighted by molar-refractivity contribution is -0.132. The number of methoxy groups -OCH3 is 1. The first-order valence-corrected chi connectivity index (χ1v) is 12.9. The standard InChI is InChI=1S/C22H23Cl2N5O6S/c1-5-36(32,33)27-18-11-19(17(24)10-16(18)23)29-22(31)28(13(2)25-29)12-14-8-6-7-9-15(14)20(26-35-4)21(30)34-3/h6-11,27H,5,12H2,1-4H3/b26-20+. The molecule has 0 unspecified atom stereocenters. The fourth-order valence-corrected chi connectivity index (χ4v) is 4.51. The summed E-state index contributed by atoms with van der Waals surface area (Å²) in [6, 6.07) is 9.49. The Morgan fingerprint density at radius 1 is 1.17 bits per heavy atom. The van der Waals surface area contributed by atoms with Crippen LogP contribution in [-0.2, 0) is 30.9 Å². The Bertz CT molecular complexity index is 1500. The molecule has 0 spiro atoms. The van der Waals surface area contributed by atoms with Crippen LogP contribution in [0.1, 0.15) is 23.9 Å². The summed E-state index contributed by atoms with van der Waals surface area (Å²) in [6.07, 6.45) is 0. The second kappa shape index (κ2) is 11.1. The number of esters is 1. The number of rotatable bonds is 9. The van der Waals surface area contributed by atoms with Gasteiger partial charge in [0.05, 0.1) is 40.8 Å². The molecule has 36 heavy (non-hydrogen) atoms. The second-order valence-corrected chi connectivity index (χ2v) is 10.2. The van der Waals surface area contributed by atoms with Gasteiger partial charge in [-0.15, -0.1) is 0 Å². The highest BCUT2D eigenvalue weighted by molar-refractivity contribution is 7.92. The molecule has 3 rings (SSSR count). The molecule has 14 heteroatoms. The van der Waals surface area contributed by atoms with Crippen LogP contribution in [0.15, 0.2) is 46.3 Å². The first-order chi connectivity index (χ1) is 17.0. The van der Waals surface area contributed by atoms with Crippen LogP contribution in [-0.4, -0.2) is 54.4 Å². The van der Waals surface area contributed by atoms with Gasteiger partial charge in [-0.1, -0.05) is 52.6 Å². The highest BCUT2D eigenvalue weighted by Gasteiger charge is 2.22. The quantitative estimate of drug-likeness (QED) is 0.243. The number of hydrogen-bond acceptors (Lipinski definition) is 8. The summed E-state index contributed by atoms with van der Waals surface area (Å²) in [5, 5.41) is 8.23. The zero-order chi connectivity index (χ0) is 26.6. The maximum Gasteiger partial charge on any atom is 0.360 e. The number of aryl methyl sites for hydroxylation is 1. The molecule has 0 aliphatic carbocycles. The van der Waals surface area contributed by atoms with Gasteiger partial charge in [-0.05, 0) is 31.5 Å². The number of benzene rings is 2. The molecule has 0 bridgehead atoms. The van der Waals surface area contributed by atoms with Gasteiger partial charge >= 0.3 is 11.7 Å². The van der Waals surface area contributed by atoms with Gasteiger partial charge < -0.3 is 9.57 Å². The summed E-state index contributed by atoms with van der Waals surface area (Å²) in [7, 11) is -1.12. The van der Waals surface area contributed by atoms with Gasteiger partial charge in [0.15, 0.2) is 5.71 Å². The minimum absolute atomic E-state index is 0.0289. The third-order valence-electron chi connectivity index (χ3n) is 5.12. The number of aromatic nitrogens is 3. The van der Waals surface area contributed by atoms with Crippen LogP contribution in [0.25, 0.3) is 5.69 Å². The average molecular weight is 556 g/mol. The van der Waals surface area contributed by atoms with Gasteiger partial charge in [0, 0.05) is 5.56 Å². The van der Waals surface area contributed by atoms with Crippen molar-refractivity contribution in [1.82, 2.24) is 14.3 Å². The van der Waals surface area contributed by atoms with E-state index in [0.717, 1.165) is 4.68 Å². The lowest BCUT2D eigenvalue weighted by Gasteiger charge is -2.12. The molecule has 0 saturated heterocycles. The summed E-state index contributed by atoms with van der Waals surface area (Å²) < 4.78 is 33.7. The summed E-state index contributed by atoms with van der Waals surface area (Å²) >= 11 is 12.5. The van der Waals surface area contributed by atoms with Crippen molar-refractivity contribution in [2.45, 2.75) is 20.4 Å². The largest absolute Gasteiger partial charge is 0.464 e. The van der Waals surface area contributed by atoms with Crippen molar-refractivity contribution in [3.8, 4) is 5.69 Å². The highest BCUT2D eigenvalue weighted by atomic mass is 35.5. The van der Waals surface area contributed by atoms with Crippen molar-refractivity contribution in [3.63, 3.8) is 0 Å². The minimum atomic E-state index is -3.64. The van der Waals surface area contributed by atoms with Crippen molar-refractivity contribution in [3.05, 3.63) is 73.9 Å². The number of carbonyl (C=O) groups excluding carboxylic acids is 1. The predicted octanol–water partition coefficient (Wildman–Crippen LogP) is 2.98. The maximum atomic E-state index is 13.4. The van der Waals surface area contributed by atoms with E-state index in [4.69, 9.17) is 32.8 Å². The number of anilines is 1. The summed E-state index contributed by atoms with van der Waals surface area (Å²) in [5.74, 6) is -0.548. The van der Waals surface area contributed by atoms with Crippen molar-refractivity contribution in [2.75, 3.05) is 24.7 Å². The number of oxime groups is 1. The molecule has 1 heterocycles. The summed E-state index contributed by atoms with van der Waals surface area (Å²) in [6.45, 7) is 3.12. The monoisotopic (exact) mass is 555 g/mol. The van der Waals surface area contributed by atoms with Gasteiger partial charge in [0.2, 0.25) is 10.0 Å². The van der Waals surface area contributed by atoms with E-state index in [1.54, 1.807) is 31.2 Å². The molecule has 3 aromatic rings. The molecule has 192 valence electrons. The van der Waals surface area contributed by atoms with Gasteiger partial charge in [0.25, 0.3) is 0 Å². The molecular formula is C22H23Cl2N5O6S. The van der Waals surface area contributed by atoms with E-state index in [9.17, 15) is 18.0 Å². The van der Waals surface area contributed by atoms with E-state index >= 15 is 0 Å². The number of carbonyl (C=O) groups is 1. The smallest absolute Gasteiger partial charge is 0.360 e. The second-order valence-electron chi connectivity index (χ2n) is 7.39. The Morgan fingerprint density at radius 3 is 2.50 bits per heavy atom. The number of halogens is 2. The molecule has 11 nitrogen and oxygen atoms in total. The van der Waals surface area contributed by atoms with Crippen molar-refractivity contribution >= 4 is 50.6 Å². The Balaban J connectivity index is 2.09.